The molecule has 0 radical (unpaired) electrons. The Balaban J connectivity index is 1.65. The van der Waals surface area contributed by atoms with Crippen molar-refractivity contribution < 1.29 is 13.6 Å². The molecule has 3 heterocycles. The predicted octanol–water partition coefficient (Wildman–Crippen LogP) is 4.51. The van der Waals surface area contributed by atoms with Gasteiger partial charge in [-0.15, -0.1) is 0 Å². The van der Waals surface area contributed by atoms with Crippen molar-refractivity contribution in [3.8, 4) is 22.8 Å². The highest BCUT2D eigenvalue weighted by molar-refractivity contribution is 6.05. The Morgan fingerprint density at radius 2 is 1.73 bits per heavy atom. The number of rotatable bonds is 4. The van der Waals surface area contributed by atoms with E-state index in [1.807, 2.05) is 19.1 Å². The summed E-state index contributed by atoms with van der Waals surface area (Å²) in [5.74, 6) is 0.184. The van der Waals surface area contributed by atoms with Crippen LogP contribution in [0.5, 0.6) is 0 Å². The van der Waals surface area contributed by atoms with Gasteiger partial charge in [-0.05, 0) is 49.7 Å². The highest BCUT2D eigenvalue weighted by atomic mass is 19.1. The van der Waals surface area contributed by atoms with Crippen molar-refractivity contribution >= 4 is 11.7 Å². The van der Waals surface area contributed by atoms with Gasteiger partial charge < -0.3 is 9.73 Å². The number of hydrogen-bond donors (Lipinski definition) is 1. The first kappa shape index (κ1) is 19.4. The summed E-state index contributed by atoms with van der Waals surface area (Å²) in [5, 5.41) is 2.76. The second-order valence-corrected chi connectivity index (χ2v) is 6.82. The van der Waals surface area contributed by atoms with Crippen molar-refractivity contribution in [2.45, 2.75) is 20.8 Å². The molecule has 8 heteroatoms. The lowest BCUT2D eigenvalue weighted by Crippen LogP contribution is -2.15. The summed E-state index contributed by atoms with van der Waals surface area (Å²) in [4.78, 5) is 30.3. The van der Waals surface area contributed by atoms with Gasteiger partial charge in [-0.2, -0.15) is 0 Å². The molecule has 0 spiro atoms. The molecular weight excluding hydrogens is 385 g/mol. The molecule has 0 saturated heterocycles. The van der Waals surface area contributed by atoms with E-state index in [9.17, 15) is 9.18 Å². The molecule has 3 aromatic heterocycles. The Morgan fingerprint density at radius 1 is 0.967 bits per heavy atom. The van der Waals surface area contributed by atoms with E-state index in [2.05, 4.69) is 25.3 Å². The first-order chi connectivity index (χ1) is 14.4. The van der Waals surface area contributed by atoms with E-state index in [0.29, 0.717) is 40.0 Å². The van der Waals surface area contributed by atoms with Gasteiger partial charge in [0.15, 0.2) is 11.7 Å². The Kier molecular flexibility index (Phi) is 5.05. The molecule has 0 aliphatic carbocycles. The predicted molar refractivity (Wildman–Crippen MR) is 109 cm³/mol. The van der Waals surface area contributed by atoms with Gasteiger partial charge in [0, 0.05) is 30.4 Å². The van der Waals surface area contributed by atoms with Gasteiger partial charge in [-0.25, -0.2) is 19.3 Å². The zero-order valence-electron chi connectivity index (χ0n) is 16.6. The van der Waals surface area contributed by atoms with Crippen molar-refractivity contribution in [1.82, 2.24) is 19.9 Å². The number of aryl methyl sites for hydroxylation is 3. The Labute approximate surface area is 172 Å². The topological polar surface area (TPSA) is 93.8 Å². The Morgan fingerprint density at radius 3 is 2.43 bits per heavy atom. The largest absolute Gasteiger partial charge is 0.435 e. The fourth-order valence-corrected chi connectivity index (χ4v) is 2.84. The van der Waals surface area contributed by atoms with Gasteiger partial charge in [-0.1, -0.05) is 6.07 Å². The van der Waals surface area contributed by atoms with Crippen LogP contribution in [0.3, 0.4) is 0 Å². The van der Waals surface area contributed by atoms with E-state index in [0.717, 1.165) is 5.56 Å². The molecule has 1 amide bonds. The molecule has 1 N–H and O–H groups in total. The second kappa shape index (κ2) is 7.82. The zero-order chi connectivity index (χ0) is 21.3. The van der Waals surface area contributed by atoms with Gasteiger partial charge in [-0.3, -0.25) is 9.78 Å². The first-order valence-corrected chi connectivity index (χ1v) is 9.22. The van der Waals surface area contributed by atoms with Crippen LogP contribution in [-0.2, 0) is 0 Å². The third-order valence-corrected chi connectivity index (χ3v) is 4.40. The van der Waals surface area contributed by atoms with Crippen LogP contribution < -0.4 is 5.32 Å². The minimum absolute atomic E-state index is 0.0205. The fourth-order valence-electron chi connectivity index (χ4n) is 2.84. The van der Waals surface area contributed by atoms with Crippen LogP contribution in [0.4, 0.5) is 10.2 Å². The van der Waals surface area contributed by atoms with Crippen molar-refractivity contribution in [2.24, 2.45) is 0 Å². The summed E-state index contributed by atoms with van der Waals surface area (Å²) in [6, 6.07) is 9.42. The van der Waals surface area contributed by atoms with E-state index >= 15 is 0 Å². The fraction of sp³-hybridized carbons (Fsp3) is 0.136. The van der Waals surface area contributed by atoms with Crippen LogP contribution in [0.15, 0.2) is 53.2 Å². The van der Waals surface area contributed by atoms with Crippen molar-refractivity contribution in [3.63, 3.8) is 0 Å². The van der Waals surface area contributed by atoms with Gasteiger partial charge in [0.2, 0.25) is 5.76 Å². The maximum Gasteiger partial charge on any atom is 0.294 e. The third kappa shape index (κ3) is 3.93. The molecule has 7 nitrogen and oxygen atoms in total. The number of halogens is 1. The standard InChI is InChI=1S/C22H18FN5O2/c1-12-4-9-17(24-10-12)21-25-11-13(2)20(27-21)28-22(29)19-18(26-14(3)30-19)15-5-7-16(23)8-6-15/h4-11H,1-3H3,(H,25,27,28,29). The van der Waals surface area contributed by atoms with E-state index < -0.39 is 5.91 Å². The number of amides is 1. The monoisotopic (exact) mass is 403 g/mol. The molecule has 150 valence electrons. The van der Waals surface area contributed by atoms with Gasteiger partial charge in [0.05, 0.1) is 0 Å². The highest BCUT2D eigenvalue weighted by Gasteiger charge is 2.22. The number of oxazole rings is 1. The van der Waals surface area contributed by atoms with E-state index in [1.54, 1.807) is 38.4 Å². The number of nitrogens with zero attached hydrogens (tertiary/aromatic N) is 4. The SMILES string of the molecule is Cc1ccc(-c2ncc(C)c(NC(=O)c3oc(C)nc3-c3ccc(F)cc3)n2)nc1. The number of pyridine rings is 1. The minimum atomic E-state index is -0.514. The van der Waals surface area contributed by atoms with Crippen LogP contribution in [-0.4, -0.2) is 25.8 Å². The van der Waals surface area contributed by atoms with Gasteiger partial charge in [0.1, 0.15) is 23.0 Å². The van der Waals surface area contributed by atoms with E-state index in [-0.39, 0.29) is 11.6 Å². The summed E-state index contributed by atoms with van der Waals surface area (Å²) in [7, 11) is 0. The lowest BCUT2D eigenvalue weighted by molar-refractivity contribution is 0.0995. The Bertz CT molecular complexity index is 1220. The summed E-state index contributed by atoms with van der Waals surface area (Å²) >= 11 is 0. The first-order valence-electron chi connectivity index (χ1n) is 9.22. The number of carbonyl (C=O) groups excluding carboxylic acids is 1. The van der Waals surface area contributed by atoms with Crippen molar-refractivity contribution in [1.29, 1.82) is 0 Å². The number of benzene rings is 1. The van der Waals surface area contributed by atoms with Crippen molar-refractivity contribution in [3.05, 3.63) is 77.4 Å². The molecule has 0 saturated carbocycles. The van der Waals surface area contributed by atoms with Crippen molar-refractivity contribution in [2.75, 3.05) is 5.32 Å². The Hall–Kier alpha value is -3.94. The molecule has 0 aliphatic heterocycles. The second-order valence-electron chi connectivity index (χ2n) is 6.82. The molecule has 0 aliphatic rings. The number of nitrogens with one attached hydrogen (secondary N) is 1. The van der Waals surface area contributed by atoms with Gasteiger partial charge in [0.25, 0.3) is 5.91 Å². The van der Waals surface area contributed by atoms with E-state index in [1.165, 1.54) is 12.1 Å². The molecule has 0 atom stereocenters. The lowest BCUT2D eigenvalue weighted by atomic mass is 10.1. The molecule has 0 fully saturated rings. The van der Waals surface area contributed by atoms with Crippen LogP contribution >= 0.6 is 0 Å². The average Bonchev–Trinajstić information content (AvgIpc) is 3.13. The van der Waals surface area contributed by atoms with Crippen LogP contribution in [0, 0.1) is 26.6 Å². The van der Waals surface area contributed by atoms with Crippen LogP contribution in [0.2, 0.25) is 0 Å². The number of aromatic nitrogens is 4. The maximum atomic E-state index is 13.3. The minimum Gasteiger partial charge on any atom is -0.435 e. The maximum absolute atomic E-state index is 13.3. The number of anilines is 1. The molecule has 4 aromatic rings. The zero-order valence-corrected chi connectivity index (χ0v) is 16.6. The summed E-state index contributed by atoms with van der Waals surface area (Å²) in [6.45, 7) is 5.37. The molecule has 0 bridgehead atoms. The lowest BCUT2D eigenvalue weighted by Gasteiger charge is -2.08. The van der Waals surface area contributed by atoms with Gasteiger partial charge >= 0.3 is 0 Å². The normalized spacial score (nSPS) is 10.8. The molecular formula is C22H18FN5O2. The third-order valence-electron chi connectivity index (χ3n) is 4.40. The molecule has 0 unspecified atom stereocenters. The van der Waals surface area contributed by atoms with Crippen LogP contribution in [0.25, 0.3) is 22.8 Å². The highest BCUT2D eigenvalue weighted by Crippen LogP contribution is 2.26. The summed E-state index contributed by atoms with van der Waals surface area (Å²) in [6.07, 6.45) is 3.34. The molecule has 4 rings (SSSR count). The summed E-state index contributed by atoms with van der Waals surface area (Å²) < 4.78 is 18.8. The van der Waals surface area contributed by atoms with Crippen LogP contribution in [0.1, 0.15) is 27.6 Å². The number of hydrogen-bond acceptors (Lipinski definition) is 6. The summed E-state index contributed by atoms with van der Waals surface area (Å²) in [5.41, 5.74) is 3.20. The average molecular weight is 403 g/mol. The quantitative estimate of drug-likeness (QED) is 0.539. The molecule has 30 heavy (non-hydrogen) atoms. The van der Waals surface area contributed by atoms with E-state index in [4.69, 9.17) is 4.42 Å². The smallest absolute Gasteiger partial charge is 0.294 e. The molecule has 1 aromatic carbocycles. The number of carbonyl (C=O) groups is 1.